The Morgan fingerprint density at radius 2 is 1.84 bits per heavy atom. The second kappa shape index (κ2) is 8.61. The largest absolute Gasteiger partial charge is 0.457 e. The Labute approximate surface area is 153 Å². The summed E-state index contributed by atoms with van der Waals surface area (Å²) in [4.78, 5) is 37.5. The van der Waals surface area contributed by atoms with Crippen molar-refractivity contribution in [1.29, 1.82) is 0 Å². The van der Waals surface area contributed by atoms with Gasteiger partial charge in [0.05, 0.1) is 17.3 Å². The Morgan fingerprint density at radius 1 is 1.16 bits per heavy atom. The minimum Gasteiger partial charge on any atom is -0.457 e. The molecule has 5 nitrogen and oxygen atoms in total. The number of ketones is 1. The monoisotopic (exact) mass is 365 g/mol. The summed E-state index contributed by atoms with van der Waals surface area (Å²) in [6.07, 6.45) is 5.02. The van der Waals surface area contributed by atoms with Gasteiger partial charge in [0.15, 0.2) is 6.61 Å². The molecule has 0 saturated heterocycles. The zero-order valence-electron chi connectivity index (χ0n) is 15.2. The van der Waals surface area contributed by atoms with Gasteiger partial charge in [0, 0.05) is 10.3 Å². The van der Waals surface area contributed by atoms with Gasteiger partial charge in [-0.3, -0.25) is 14.4 Å². The zero-order chi connectivity index (χ0) is 18.4. The Bertz CT molecular complexity index is 624. The fourth-order valence-electron chi connectivity index (χ4n) is 2.72. The normalized spacial score (nSPS) is 15.6. The topological polar surface area (TPSA) is 72.5 Å². The SMILES string of the molecule is CC(C)(C)C(=O)NCc1ccc(C(=O)COC(=O)C2CCCCC2)s1. The molecule has 1 aliphatic carbocycles. The summed E-state index contributed by atoms with van der Waals surface area (Å²) in [5.74, 6) is -0.520. The first-order chi connectivity index (χ1) is 11.8. The van der Waals surface area contributed by atoms with Crippen molar-refractivity contribution in [1.82, 2.24) is 5.32 Å². The van der Waals surface area contributed by atoms with E-state index in [1.807, 2.05) is 26.8 Å². The molecule has 6 heteroatoms. The molecule has 1 amide bonds. The fraction of sp³-hybridized carbons (Fsp3) is 0.632. The van der Waals surface area contributed by atoms with E-state index in [9.17, 15) is 14.4 Å². The third-order valence-electron chi connectivity index (χ3n) is 4.32. The van der Waals surface area contributed by atoms with Gasteiger partial charge in [-0.2, -0.15) is 0 Å². The second-order valence-electron chi connectivity index (χ2n) is 7.56. The molecule has 25 heavy (non-hydrogen) atoms. The summed E-state index contributed by atoms with van der Waals surface area (Å²) in [6.45, 7) is 5.75. The van der Waals surface area contributed by atoms with Crippen LogP contribution in [0.5, 0.6) is 0 Å². The highest BCUT2D eigenvalue weighted by atomic mass is 32.1. The molecule has 0 aromatic carbocycles. The first-order valence-corrected chi connectivity index (χ1v) is 9.66. The lowest BCUT2D eigenvalue weighted by molar-refractivity contribution is -0.148. The molecule has 1 aromatic rings. The Kier molecular flexibility index (Phi) is 6.76. The Balaban J connectivity index is 1.79. The number of amides is 1. The van der Waals surface area contributed by atoms with Crippen molar-refractivity contribution in [2.75, 3.05) is 6.61 Å². The van der Waals surface area contributed by atoms with Crippen molar-refractivity contribution < 1.29 is 19.1 Å². The van der Waals surface area contributed by atoms with Crippen molar-refractivity contribution in [2.45, 2.75) is 59.4 Å². The van der Waals surface area contributed by atoms with Crippen molar-refractivity contribution in [3.05, 3.63) is 21.9 Å². The molecule has 0 atom stereocenters. The molecule has 0 bridgehead atoms. The molecule has 2 rings (SSSR count). The first kappa shape index (κ1) is 19.6. The maximum atomic E-state index is 12.2. The quantitative estimate of drug-likeness (QED) is 0.616. The van der Waals surface area contributed by atoms with E-state index in [0.717, 1.165) is 30.6 Å². The minimum atomic E-state index is -0.441. The number of ether oxygens (including phenoxy) is 1. The van der Waals surface area contributed by atoms with Crippen LogP contribution < -0.4 is 5.32 Å². The molecule has 1 N–H and O–H groups in total. The van der Waals surface area contributed by atoms with Crippen molar-refractivity contribution in [3.63, 3.8) is 0 Å². The average Bonchev–Trinajstić information content (AvgIpc) is 3.06. The Morgan fingerprint density at radius 3 is 2.48 bits per heavy atom. The third-order valence-corrected chi connectivity index (χ3v) is 5.45. The van der Waals surface area contributed by atoms with Crippen LogP contribution in [0.2, 0.25) is 0 Å². The smallest absolute Gasteiger partial charge is 0.309 e. The van der Waals surface area contributed by atoms with E-state index in [4.69, 9.17) is 4.74 Å². The zero-order valence-corrected chi connectivity index (χ0v) is 16.0. The number of Topliss-reactive ketones (excluding diaryl/α,β-unsaturated/α-hetero) is 1. The van der Waals surface area contributed by atoms with E-state index in [1.54, 1.807) is 6.07 Å². The minimum absolute atomic E-state index is 0.0322. The summed E-state index contributed by atoms with van der Waals surface area (Å²) < 4.78 is 5.20. The molecule has 0 spiro atoms. The lowest BCUT2D eigenvalue weighted by Crippen LogP contribution is -2.34. The van der Waals surface area contributed by atoms with E-state index in [-0.39, 0.29) is 30.2 Å². The van der Waals surface area contributed by atoms with Crippen LogP contribution >= 0.6 is 11.3 Å². The van der Waals surface area contributed by atoms with E-state index in [0.29, 0.717) is 11.4 Å². The van der Waals surface area contributed by atoms with Gasteiger partial charge >= 0.3 is 5.97 Å². The molecule has 1 saturated carbocycles. The molecule has 0 unspecified atom stereocenters. The number of rotatable bonds is 6. The number of carbonyl (C=O) groups excluding carboxylic acids is 3. The average molecular weight is 365 g/mol. The van der Waals surface area contributed by atoms with Gasteiger partial charge in [0.25, 0.3) is 0 Å². The first-order valence-electron chi connectivity index (χ1n) is 8.84. The van der Waals surface area contributed by atoms with Crippen LogP contribution in [-0.2, 0) is 20.9 Å². The number of nitrogens with one attached hydrogen (secondary N) is 1. The van der Waals surface area contributed by atoms with Gasteiger partial charge in [-0.25, -0.2) is 0 Å². The van der Waals surface area contributed by atoms with Gasteiger partial charge in [-0.1, -0.05) is 40.0 Å². The van der Waals surface area contributed by atoms with Crippen LogP contribution in [-0.4, -0.2) is 24.3 Å². The van der Waals surface area contributed by atoms with Crippen molar-refractivity contribution in [2.24, 2.45) is 11.3 Å². The number of thiophene rings is 1. The van der Waals surface area contributed by atoms with Gasteiger partial charge < -0.3 is 10.1 Å². The Hall–Kier alpha value is -1.69. The van der Waals surface area contributed by atoms with Gasteiger partial charge in [-0.15, -0.1) is 11.3 Å². The molecule has 0 aliphatic heterocycles. The molecule has 0 radical (unpaired) electrons. The second-order valence-corrected chi connectivity index (χ2v) is 8.73. The van der Waals surface area contributed by atoms with E-state index >= 15 is 0 Å². The number of esters is 1. The highest BCUT2D eigenvalue weighted by Crippen LogP contribution is 2.25. The van der Waals surface area contributed by atoms with Crippen LogP contribution in [0.25, 0.3) is 0 Å². The molecule has 1 heterocycles. The predicted molar refractivity (Wildman–Crippen MR) is 97.5 cm³/mol. The van der Waals surface area contributed by atoms with Gasteiger partial charge in [0.2, 0.25) is 11.7 Å². The molecular formula is C19H27NO4S. The van der Waals surface area contributed by atoms with E-state index in [2.05, 4.69) is 5.32 Å². The number of hydrogen-bond donors (Lipinski definition) is 1. The number of hydrogen-bond acceptors (Lipinski definition) is 5. The van der Waals surface area contributed by atoms with Crippen LogP contribution in [0, 0.1) is 11.3 Å². The summed E-state index contributed by atoms with van der Waals surface area (Å²) in [5, 5.41) is 2.86. The molecule has 1 aromatic heterocycles. The van der Waals surface area contributed by atoms with Gasteiger partial charge in [-0.05, 0) is 25.0 Å². The highest BCUT2D eigenvalue weighted by molar-refractivity contribution is 7.14. The molecular weight excluding hydrogens is 338 g/mol. The maximum absolute atomic E-state index is 12.2. The van der Waals surface area contributed by atoms with Crippen LogP contribution in [0.15, 0.2) is 12.1 Å². The van der Waals surface area contributed by atoms with Crippen LogP contribution in [0.3, 0.4) is 0 Å². The lowest BCUT2D eigenvalue weighted by Gasteiger charge is -2.19. The number of carbonyl (C=O) groups is 3. The van der Waals surface area contributed by atoms with Crippen molar-refractivity contribution in [3.8, 4) is 0 Å². The molecule has 1 fully saturated rings. The highest BCUT2D eigenvalue weighted by Gasteiger charge is 2.24. The van der Waals surface area contributed by atoms with Crippen LogP contribution in [0.4, 0.5) is 0 Å². The third kappa shape index (κ3) is 5.96. The molecule has 138 valence electrons. The summed E-state index contributed by atoms with van der Waals surface area (Å²) in [6, 6.07) is 3.55. The standard InChI is InChI=1S/C19H27NO4S/c1-19(2,3)18(23)20-11-14-9-10-16(25-14)15(21)12-24-17(22)13-7-5-4-6-8-13/h9-10,13H,4-8,11-12H2,1-3H3,(H,20,23). The summed E-state index contributed by atoms with van der Waals surface area (Å²) in [7, 11) is 0. The van der Waals surface area contributed by atoms with E-state index in [1.165, 1.54) is 17.8 Å². The fourth-order valence-corrected chi connectivity index (χ4v) is 3.59. The lowest BCUT2D eigenvalue weighted by atomic mass is 9.89. The van der Waals surface area contributed by atoms with E-state index < -0.39 is 5.41 Å². The summed E-state index contributed by atoms with van der Waals surface area (Å²) >= 11 is 1.33. The predicted octanol–water partition coefficient (Wildman–Crippen LogP) is 3.72. The van der Waals surface area contributed by atoms with Crippen molar-refractivity contribution >= 4 is 29.0 Å². The summed E-state index contributed by atoms with van der Waals surface area (Å²) in [5.41, 5.74) is -0.441. The van der Waals surface area contributed by atoms with Gasteiger partial charge in [0.1, 0.15) is 0 Å². The maximum Gasteiger partial charge on any atom is 0.309 e. The van der Waals surface area contributed by atoms with Crippen LogP contribution in [0.1, 0.15) is 67.4 Å². The molecule has 1 aliphatic rings.